The van der Waals surface area contributed by atoms with Gasteiger partial charge < -0.3 is 9.80 Å². The first kappa shape index (κ1) is 17.3. The summed E-state index contributed by atoms with van der Waals surface area (Å²) in [5.41, 5.74) is 4.38. The normalized spacial score (nSPS) is 28.5. The van der Waals surface area contributed by atoms with Crippen LogP contribution in [-0.4, -0.2) is 72.1 Å². The zero-order chi connectivity index (χ0) is 18.3. The minimum absolute atomic E-state index is 0.0106. The van der Waals surface area contributed by atoms with Gasteiger partial charge in [0, 0.05) is 25.3 Å². The van der Waals surface area contributed by atoms with Gasteiger partial charge in [-0.15, -0.1) is 0 Å². The van der Waals surface area contributed by atoms with Crippen LogP contribution in [0.25, 0.3) is 0 Å². The Bertz CT molecular complexity index is 710. The van der Waals surface area contributed by atoms with Gasteiger partial charge in [0.05, 0.1) is 12.0 Å². The highest BCUT2D eigenvalue weighted by atomic mass is 16.5. The van der Waals surface area contributed by atoms with E-state index >= 15 is 0 Å². The fraction of sp³-hybridized carbons (Fsp3) is 0.579. The first-order valence-electron chi connectivity index (χ1n) is 9.37. The number of likely N-dealkylation sites (N-methyl/N-ethyl adjacent to an activating group) is 1. The number of anilines is 1. The highest BCUT2D eigenvalue weighted by Crippen LogP contribution is 2.34. The van der Waals surface area contributed by atoms with Crippen LogP contribution in [0.5, 0.6) is 0 Å². The number of piperidine rings is 1. The lowest BCUT2D eigenvalue weighted by atomic mass is 9.87. The topological polar surface area (TPSA) is 76.1 Å². The van der Waals surface area contributed by atoms with E-state index in [1.54, 1.807) is 5.48 Å². The molecule has 0 aromatic heterocycles. The summed E-state index contributed by atoms with van der Waals surface area (Å²) in [6.45, 7) is 2.97. The first-order chi connectivity index (χ1) is 12.6. The zero-order valence-electron chi connectivity index (χ0n) is 15.1. The number of carbonyl (C=O) groups is 2. The standard InChI is InChI=1S/C19H26N4O3/c1-21-8-4-6-15(18(24)20-26)17(21)19(25)22-9-10-23-14(12-22)11-13-5-2-3-7-16(13)23/h2-3,5,7,14-15,17,26H,4,6,8-12H2,1H3,(H,20,24)/t14-,15-,17-/m0/s1. The molecule has 140 valence electrons. The predicted molar refractivity (Wildman–Crippen MR) is 96.9 cm³/mol. The molecule has 3 aliphatic heterocycles. The van der Waals surface area contributed by atoms with Gasteiger partial charge in [-0.2, -0.15) is 0 Å². The summed E-state index contributed by atoms with van der Waals surface area (Å²) >= 11 is 0. The average molecular weight is 358 g/mol. The Balaban J connectivity index is 1.50. The molecule has 4 rings (SSSR count). The summed E-state index contributed by atoms with van der Waals surface area (Å²) in [5.74, 6) is -0.941. The fourth-order valence-electron chi connectivity index (χ4n) is 4.83. The van der Waals surface area contributed by atoms with Crippen LogP contribution in [0.2, 0.25) is 0 Å². The van der Waals surface area contributed by atoms with E-state index in [1.807, 2.05) is 16.8 Å². The number of rotatable bonds is 2. The molecule has 0 aliphatic carbocycles. The molecule has 2 saturated heterocycles. The minimum Gasteiger partial charge on any atom is -0.364 e. The van der Waals surface area contributed by atoms with E-state index in [4.69, 9.17) is 5.21 Å². The van der Waals surface area contributed by atoms with E-state index in [0.29, 0.717) is 25.6 Å². The van der Waals surface area contributed by atoms with Crippen LogP contribution >= 0.6 is 0 Å². The van der Waals surface area contributed by atoms with Crippen molar-refractivity contribution in [2.75, 3.05) is 38.1 Å². The van der Waals surface area contributed by atoms with Gasteiger partial charge >= 0.3 is 0 Å². The highest BCUT2D eigenvalue weighted by Gasteiger charge is 2.43. The molecule has 0 radical (unpaired) electrons. The molecule has 0 unspecified atom stereocenters. The maximum absolute atomic E-state index is 13.3. The minimum atomic E-state index is -0.495. The van der Waals surface area contributed by atoms with Crippen molar-refractivity contribution in [3.8, 4) is 0 Å². The summed E-state index contributed by atoms with van der Waals surface area (Å²) in [6, 6.07) is 8.26. The molecule has 0 bridgehead atoms. The fourth-order valence-corrected chi connectivity index (χ4v) is 4.83. The number of piperazine rings is 1. The Kier molecular flexibility index (Phi) is 4.58. The van der Waals surface area contributed by atoms with Crippen molar-refractivity contribution >= 4 is 17.5 Å². The van der Waals surface area contributed by atoms with Gasteiger partial charge in [-0.25, -0.2) is 5.48 Å². The van der Waals surface area contributed by atoms with Crippen LogP contribution in [-0.2, 0) is 16.0 Å². The van der Waals surface area contributed by atoms with Crippen molar-refractivity contribution in [3.05, 3.63) is 29.8 Å². The zero-order valence-corrected chi connectivity index (χ0v) is 15.1. The van der Waals surface area contributed by atoms with Crippen LogP contribution in [0, 0.1) is 5.92 Å². The van der Waals surface area contributed by atoms with Crippen molar-refractivity contribution in [2.24, 2.45) is 5.92 Å². The molecule has 3 aliphatic rings. The van der Waals surface area contributed by atoms with Gasteiger partial charge in [-0.1, -0.05) is 18.2 Å². The summed E-state index contributed by atoms with van der Waals surface area (Å²) in [7, 11) is 1.89. The van der Waals surface area contributed by atoms with Gasteiger partial charge in [0.1, 0.15) is 6.04 Å². The first-order valence-corrected chi connectivity index (χ1v) is 9.37. The highest BCUT2D eigenvalue weighted by molar-refractivity contribution is 5.90. The molecule has 1 aromatic rings. The number of nitrogens with one attached hydrogen (secondary N) is 1. The van der Waals surface area contributed by atoms with Gasteiger partial charge in [-0.05, 0) is 44.5 Å². The van der Waals surface area contributed by atoms with Crippen LogP contribution < -0.4 is 10.4 Å². The largest absolute Gasteiger partial charge is 0.364 e. The summed E-state index contributed by atoms with van der Waals surface area (Å²) in [6.07, 6.45) is 2.44. The van der Waals surface area contributed by atoms with Gasteiger partial charge in [0.15, 0.2) is 0 Å². The summed E-state index contributed by atoms with van der Waals surface area (Å²) < 4.78 is 0. The predicted octanol–water partition coefficient (Wildman–Crippen LogP) is 0.476. The molecule has 2 N–H and O–H groups in total. The van der Waals surface area contributed by atoms with Crippen molar-refractivity contribution in [3.63, 3.8) is 0 Å². The second-order valence-electron chi connectivity index (χ2n) is 7.61. The number of fused-ring (bicyclic) bond motifs is 3. The monoisotopic (exact) mass is 358 g/mol. The lowest BCUT2D eigenvalue weighted by Gasteiger charge is -2.44. The van der Waals surface area contributed by atoms with Gasteiger partial charge in [0.25, 0.3) is 0 Å². The molecule has 26 heavy (non-hydrogen) atoms. The summed E-state index contributed by atoms with van der Waals surface area (Å²) in [4.78, 5) is 31.6. The van der Waals surface area contributed by atoms with Crippen LogP contribution in [0.3, 0.4) is 0 Å². The molecule has 0 saturated carbocycles. The second kappa shape index (κ2) is 6.89. The molecular formula is C19H26N4O3. The lowest BCUT2D eigenvalue weighted by molar-refractivity contribution is -0.149. The number of hydrogen-bond donors (Lipinski definition) is 2. The number of amides is 2. The third-order valence-corrected chi connectivity index (χ3v) is 6.13. The number of carbonyl (C=O) groups excluding carboxylic acids is 2. The Morgan fingerprint density at radius 1 is 1.19 bits per heavy atom. The van der Waals surface area contributed by atoms with Crippen LogP contribution in [0.15, 0.2) is 24.3 Å². The van der Waals surface area contributed by atoms with E-state index < -0.39 is 17.9 Å². The smallest absolute Gasteiger partial charge is 0.248 e. The lowest BCUT2D eigenvalue weighted by Crippen LogP contribution is -2.61. The molecular weight excluding hydrogens is 332 g/mol. The quantitative estimate of drug-likeness (QED) is 0.594. The van der Waals surface area contributed by atoms with Crippen LogP contribution in [0.1, 0.15) is 18.4 Å². The number of nitrogens with zero attached hydrogens (tertiary/aromatic N) is 3. The number of likely N-dealkylation sites (tertiary alicyclic amines) is 1. The molecule has 3 heterocycles. The third kappa shape index (κ3) is 2.85. The molecule has 2 amide bonds. The number of benzene rings is 1. The Morgan fingerprint density at radius 2 is 2.00 bits per heavy atom. The van der Waals surface area contributed by atoms with Crippen LogP contribution in [0.4, 0.5) is 5.69 Å². The van der Waals surface area contributed by atoms with Crippen molar-refractivity contribution < 1.29 is 14.8 Å². The van der Waals surface area contributed by atoms with E-state index in [1.165, 1.54) is 11.3 Å². The van der Waals surface area contributed by atoms with E-state index in [-0.39, 0.29) is 5.91 Å². The van der Waals surface area contributed by atoms with Crippen molar-refractivity contribution in [2.45, 2.75) is 31.3 Å². The summed E-state index contributed by atoms with van der Waals surface area (Å²) in [5, 5.41) is 9.06. The molecule has 7 heteroatoms. The van der Waals surface area contributed by atoms with E-state index in [2.05, 4.69) is 29.2 Å². The Labute approximate surface area is 153 Å². The van der Waals surface area contributed by atoms with Crippen molar-refractivity contribution in [1.82, 2.24) is 15.3 Å². The molecule has 1 aromatic carbocycles. The Morgan fingerprint density at radius 3 is 2.81 bits per heavy atom. The maximum Gasteiger partial charge on any atom is 0.248 e. The number of hydrogen-bond acceptors (Lipinski definition) is 5. The SMILES string of the molecule is CN1CCC[C@H](C(=O)NO)[C@H]1C(=O)N1CCN2c3ccccc3C[C@H]2C1. The molecule has 3 atom stereocenters. The Hall–Kier alpha value is -2.12. The van der Waals surface area contributed by atoms with Gasteiger partial charge in [-0.3, -0.25) is 19.7 Å². The van der Waals surface area contributed by atoms with E-state index in [0.717, 1.165) is 25.9 Å². The molecule has 2 fully saturated rings. The number of hydroxylamine groups is 1. The maximum atomic E-state index is 13.3. The average Bonchev–Trinajstić information content (AvgIpc) is 3.04. The van der Waals surface area contributed by atoms with E-state index in [9.17, 15) is 9.59 Å². The third-order valence-electron chi connectivity index (χ3n) is 6.13. The van der Waals surface area contributed by atoms with Gasteiger partial charge in [0.2, 0.25) is 11.8 Å². The molecule has 7 nitrogen and oxygen atoms in total. The molecule has 0 spiro atoms. The second-order valence-corrected chi connectivity index (χ2v) is 7.61. The number of para-hydroxylation sites is 1. The van der Waals surface area contributed by atoms with Crippen molar-refractivity contribution in [1.29, 1.82) is 0 Å².